The molecule has 2 fully saturated rings. The third kappa shape index (κ3) is 8.06. The number of nitrogens with zero attached hydrogens (tertiary/aromatic N) is 3. The van der Waals surface area contributed by atoms with Crippen molar-refractivity contribution < 1.29 is 38.1 Å². The lowest BCUT2D eigenvalue weighted by atomic mass is 9.58. The van der Waals surface area contributed by atoms with E-state index in [9.17, 15) is 34.2 Å². The van der Waals surface area contributed by atoms with Crippen LogP contribution in [-0.2, 0) is 18.7 Å². The summed E-state index contributed by atoms with van der Waals surface area (Å²) in [5.41, 5.74) is 3.39. The summed E-state index contributed by atoms with van der Waals surface area (Å²) in [5.74, 6) is -4.45. The Balaban J connectivity index is 1.23. The van der Waals surface area contributed by atoms with E-state index < -0.39 is 67.6 Å². The number of hydrogen-bond acceptors (Lipinski definition) is 9. The molecule has 1 aromatic heterocycles. The minimum Gasteiger partial charge on any atom is -0.505 e. The van der Waals surface area contributed by atoms with E-state index in [1.807, 2.05) is 48.5 Å². The topological polar surface area (TPSA) is 152 Å². The summed E-state index contributed by atoms with van der Waals surface area (Å²) >= 11 is 0. The van der Waals surface area contributed by atoms with Crippen LogP contribution in [0.3, 0.4) is 0 Å². The first-order chi connectivity index (χ1) is 29.8. The fourth-order valence-electron chi connectivity index (χ4n) is 9.78. The second-order valence-electron chi connectivity index (χ2n) is 17.2. The number of aromatic nitrogens is 1. The Hall–Kier alpha value is -6.06. The van der Waals surface area contributed by atoms with Gasteiger partial charge in [-0.25, -0.2) is 9.29 Å². The molecule has 5 aromatic rings. The van der Waals surface area contributed by atoms with Crippen molar-refractivity contribution in [2.24, 2.45) is 17.8 Å². The first kappa shape index (κ1) is 42.6. The number of pyridine rings is 1. The number of anilines is 1. The molecule has 2 saturated heterocycles. The number of hydrogen-bond donors (Lipinski definition) is 2. The number of rotatable bonds is 12. The molecule has 8 rings (SSSR count). The minimum absolute atomic E-state index is 0.0488. The molecule has 0 unspecified atom stereocenters. The highest BCUT2D eigenvalue weighted by molar-refractivity contribution is 6.99. The van der Waals surface area contributed by atoms with Crippen molar-refractivity contribution >= 4 is 60.6 Å². The molecule has 0 spiro atoms. The normalized spacial score (nSPS) is 20.6. The average molecular weight is 852 g/mol. The van der Waals surface area contributed by atoms with Gasteiger partial charge in [0.2, 0.25) is 11.8 Å². The van der Waals surface area contributed by atoms with Gasteiger partial charge in [0.25, 0.3) is 14.0 Å². The number of aromatic hydroxyl groups is 1. The van der Waals surface area contributed by atoms with E-state index in [1.165, 1.54) is 36.4 Å². The van der Waals surface area contributed by atoms with Crippen LogP contribution in [-0.4, -0.2) is 60.0 Å². The number of fused-ring (bicyclic) bond motifs is 3. The molecule has 11 nitrogen and oxygen atoms in total. The van der Waals surface area contributed by atoms with E-state index in [2.05, 4.69) is 50.0 Å². The van der Waals surface area contributed by atoms with E-state index >= 15 is 0 Å². The van der Waals surface area contributed by atoms with Gasteiger partial charge in [0.15, 0.2) is 11.6 Å². The quantitative estimate of drug-likeness (QED) is 0.0422. The molecule has 0 saturated carbocycles. The molecule has 316 valence electrons. The van der Waals surface area contributed by atoms with Crippen molar-refractivity contribution in [2.75, 3.05) is 11.5 Å². The zero-order chi connectivity index (χ0) is 43.8. The van der Waals surface area contributed by atoms with E-state index in [1.54, 1.807) is 24.4 Å². The molecule has 0 bridgehead atoms. The van der Waals surface area contributed by atoms with Gasteiger partial charge >= 0.3 is 7.12 Å². The first-order valence-electron chi connectivity index (χ1n) is 20.8. The van der Waals surface area contributed by atoms with Gasteiger partial charge in [-0.1, -0.05) is 99.6 Å². The van der Waals surface area contributed by atoms with Crippen molar-refractivity contribution in [3.8, 4) is 5.75 Å². The lowest BCUT2D eigenvalue weighted by Gasteiger charge is -2.46. The second-order valence-corrected chi connectivity index (χ2v) is 21.5. The van der Waals surface area contributed by atoms with Crippen molar-refractivity contribution in [3.63, 3.8) is 0 Å². The molecule has 62 heavy (non-hydrogen) atoms. The highest BCUT2D eigenvalue weighted by Gasteiger charge is 2.58. The Bertz CT molecular complexity index is 2510. The molecule has 2 aliphatic heterocycles. The monoisotopic (exact) mass is 851 g/mol. The molecule has 2 N–H and O–H groups in total. The zero-order valence-electron chi connectivity index (χ0n) is 34.7. The van der Waals surface area contributed by atoms with Crippen LogP contribution in [0.15, 0.2) is 139 Å². The van der Waals surface area contributed by atoms with E-state index in [4.69, 9.17) is 9.08 Å². The summed E-state index contributed by atoms with van der Waals surface area (Å²) in [6, 6.07) is 35.6. The molecule has 4 atom stereocenters. The smallest absolute Gasteiger partial charge is 0.455 e. The molecular formula is C48H47BFN3O8Si. The van der Waals surface area contributed by atoms with Crippen molar-refractivity contribution in [1.82, 2.24) is 4.98 Å². The first-order valence-corrected chi connectivity index (χ1v) is 22.7. The Kier molecular flexibility index (Phi) is 11.9. The number of carbonyl (C=O) groups is 2. The predicted octanol–water partition coefficient (Wildman–Crippen LogP) is 7.73. The van der Waals surface area contributed by atoms with Crippen LogP contribution in [0.25, 0.3) is 11.6 Å². The number of non-ortho nitro benzene ring substituents is 1. The van der Waals surface area contributed by atoms with Gasteiger partial charge in [-0.2, -0.15) is 0 Å². The fraction of sp³-hybridized carbons (Fsp3) is 0.271. The molecular weight excluding hydrogens is 804 g/mol. The second kappa shape index (κ2) is 17.4. The number of allylic oxidation sites excluding steroid dienone is 1. The summed E-state index contributed by atoms with van der Waals surface area (Å²) in [7, 11) is -4.39. The number of nitro groups is 1. The lowest BCUT2D eigenvalue weighted by Crippen LogP contribution is -2.66. The summed E-state index contributed by atoms with van der Waals surface area (Å²) < 4.78 is 28.4. The Morgan fingerprint density at radius 2 is 1.65 bits per heavy atom. The standard InChI is InChI=1S/C48H47BFN3O8Si/c1-48(2,3)62(36-15-6-4-7-16-36,37-17-8-5-9-18-37)60-30-33-27-38-45(47(56)52(46(38)55)34-13-12-14-35(28-34)53(58)59)39-29-49(57)61-43(44(33)39)23-21-32(41-19-10-11-24-51-41)25-31-20-22-42(54)40(50)26-31/h4-20,22,24-26,28,38-39,43,45,54,57H,21,23,27,29-30H2,1-3H3/b32-25-/t38-,39+,43-,45-/m1/s1. The molecule has 4 aromatic carbocycles. The molecule has 1 aliphatic carbocycles. The summed E-state index contributed by atoms with van der Waals surface area (Å²) in [6.07, 6.45) is 3.65. The molecule has 2 amide bonds. The number of carbonyl (C=O) groups excluding carboxylic acids is 2. The lowest BCUT2D eigenvalue weighted by molar-refractivity contribution is -0.384. The number of phenolic OH excluding ortho intramolecular Hbond substituents is 1. The van der Waals surface area contributed by atoms with Crippen LogP contribution in [0.4, 0.5) is 15.8 Å². The number of nitro benzene ring substituents is 1. The van der Waals surface area contributed by atoms with Gasteiger partial charge in [0.05, 0.1) is 40.9 Å². The van der Waals surface area contributed by atoms with Gasteiger partial charge in [0, 0.05) is 18.3 Å². The van der Waals surface area contributed by atoms with Gasteiger partial charge in [-0.3, -0.25) is 24.7 Å². The van der Waals surface area contributed by atoms with E-state index in [0.717, 1.165) is 32.0 Å². The Labute approximate surface area is 361 Å². The van der Waals surface area contributed by atoms with Crippen molar-refractivity contribution in [1.29, 1.82) is 0 Å². The number of amides is 2. The van der Waals surface area contributed by atoms with Gasteiger partial charge in [-0.05, 0) is 106 Å². The number of imide groups is 1. The molecule has 14 heteroatoms. The summed E-state index contributed by atoms with van der Waals surface area (Å²) in [4.78, 5) is 46.0. The van der Waals surface area contributed by atoms with Gasteiger partial charge < -0.3 is 19.2 Å². The Morgan fingerprint density at radius 3 is 2.27 bits per heavy atom. The predicted molar refractivity (Wildman–Crippen MR) is 238 cm³/mol. The van der Waals surface area contributed by atoms with Crippen LogP contribution >= 0.6 is 0 Å². The van der Waals surface area contributed by atoms with E-state index in [0.29, 0.717) is 24.1 Å². The number of benzene rings is 4. The van der Waals surface area contributed by atoms with Crippen molar-refractivity contribution in [2.45, 2.75) is 57.5 Å². The van der Waals surface area contributed by atoms with Crippen LogP contribution < -0.4 is 15.3 Å². The Morgan fingerprint density at radius 1 is 0.952 bits per heavy atom. The molecule has 0 radical (unpaired) electrons. The maximum Gasteiger partial charge on any atom is 0.455 e. The highest BCUT2D eigenvalue weighted by Crippen LogP contribution is 2.52. The third-order valence-corrected chi connectivity index (χ3v) is 17.5. The maximum absolute atomic E-state index is 14.6. The number of phenols is 1. The minimum atomic E-state index is -3.12. The largest absolute Gasteiger partial charge is 0.505 e. The fourth-order valence-corrected chi connectivity index (χ4v) is 14.3. The third-order valence-electron chi connectivity index (χ3n) is 12.5. The van der Waals surface area contributed by atoms with E-state index in [-0.39, 0.29) is 35.8 Å². The van der Waals surface area contributed by atoms with Gasteiger partial charge in [-0.15, -0.1) is 0 Å². The zero-order valence-corrected chi connectivity index (χ0v) is 35.7. The molecule has 3 heterocycles. The van der Waals surface area contributed by atoms with Crippen LogP contribution in [0.2, 0.25) is 11.4 Å². The SMILES string of the molecule is CC(C)(C)[Si](OCC1=C2[C@@H](CC/C(=C/c3ccc(O)c(F)c3)c3ccccn3)OB(O)C[C@@H]2[C@@H]2C(=O)N(c3cccc([N+](=O)[O-])c3)C(=O)[C@@H]2C1)(c1ccccc1)c1ccccc1. The van der Waals surface area contributed by atoms with Crippen LogP contribution in [0.5, 0.6) is 5.75 Å². The van der Waals surface area contributed by atoms with Crippen LogP contribution in [0.1, 0.15) is 51.3 Å². The maximum atomic E-state index is 14.6. The van der Waals surface area contributed by atoms with Gasteiger partial charge in [0.1, 0.15) is 0 Å². The number of halogens is 1. The van der Waals surface area contributed by atoms with Crippen molar-refractivity contribution in [3.05, 3.63) is 166 Å². The van der Waals surface area contributed by atoms with Crippen LogP contribution in [0, 0.1) is 33.7 Å². The summed E-state index contributed by atoms with van der Waals surface area (Å²) in [6.45, 7) is 6.66. The highest BCUT2D eigenvalue weighted by atomic mass is 28.4. The average Bonchev–Trinajstić information content (AvgIpc) is 3.52. The molecule has 3 aliphatic rings. The summed E-state index contributed by atoms with van der Waals surface area (Å²) in [5, 5.41) is 34.9.